The molecule has 6 nitrogen and oxygen atoms in total. The fraction of sp³-hybridized carbons (Fsp3) is 0.583. The van der Waals surface area contributed by atoms with Crippen LogP contribution in [0.5, 0.6) is 5.88 Å². The highest BCUT2D eigenvalue weighted by molar-refractivity contribution is 5.72. The third-order valence-electron chi connectivity index (χ3n) is 2.16. The zero-order valence-electron chi connectivity index (χ0n) is 11.1. The number of carboxylic acid groups (broad SMARTS) is 1. The molecular weight excluding hydrogens is 234 g/mol. The molecule has 100 valence electrons. The van der Waals surface area contributed by atoms with Gasteiger partial charge >= 0.3 is 5.97 Å². The van der Waals surface area contributed by atoms with Crippen molar-refractivity contribution in [2.75, 3.05) is 11.4 Å². The summed E-state index contributed by atoms with van der Waals surface area (Å²) in [7, 11) is 0. The van der Waals surface area contributed by atoms with Crippen molar-refractivity contribution >= 4 is 11.9 Å². The van der Waals surface area contributed by atoms with E-state index >= 15 is 0 Å². The molecule has 0 saturated carbocycles. The summed E-state index contributed by atoms with van der Waals surface area (Å²) < 4.78 is 5.46. The summed E-state index contributed by atoms with van der Waals surface area (Å²) in [5.74, 6) is -0.0981. The number of anilines is 1. The Balaban J connectivity index is 2.94. The van der Waals surface area contributed by atoms with Crippen molar-refractivity contribution in [3.05, 3.63) is 12.3 Å². The first-order valence-electron chi connectivity index (χ1n) is 5.88. The average Bonchev–Trinajstić information content (AvgIpc) is 2.24. The first-order valence-corrected chi connectivity index (χ1v) is 5.88. The summed E-state index contributed by atoms with van der Waals surface area (Å²) >= 11 is 0. The number of nitrogens with zero attached hydrogens (tertiary/aromatic N) is 3. The van der Waals surface area contributed by atoms with E-state index in [1.165, 1.54) is 0 Å². The van der Waals surface area contributed by atoms with Crippen LogP contribution in [0.15, 0.2) is 12.3 Å². The maximum atomic E-state index is 10.8. The molecule has 0 spiro atoms. The van der Waals surface area contributed by atoms with E-state index in [1.807, 2.05) is 27.7 Å². The van der Waals surface area contributed by atoms with E-state index in [1.54, 1.807) is 17.2 Å². The first kappa shape index (κ1) is 14.2. The summed E-state index contributed by atoms with van der Waals surface area (Å²) in [6, 6.07) is 1.65. The maximum Gasteiger partial charge on any atom is 0.323 e. The molecule has 1 rings (SSSR count). The third kappa shape index (κ3) is 4.20. The predicted octanol–water partition coefficient (Wildman–Crippen LogP) is 1.56. The molecule has 0 bridgehead atoms. The van der Waals surface area contributed by atoms with Gasteiger partial charge in [0.25, 0.3) is 0 Å². The summed E-state index contributed by atoms with van der Waals surface area (Å²) in [5.41, 5.74) is 0. The largest absolute Gasteiger partial charge is 0.480 e. The second-order valence-corrected chi connectivity index (χ2v) is 4.48. The fourth-order valence-corrected chi connectivity index (χ4v) is 1.41. The molecule has 1 aromatic rings. The van der Waals surface area contributed by atoms with Crippen LogP contribution in [0.25, 0.3) is 0 Å². The van der Waals surface area contributed by atoms with Gasteiger partial charge in [-0.3, -0.25) is 4.79 Å². The average molecular weight is 253 g/mol. The van der Waals surface area contributed by atoms with Gasteiger partial charge < -0.3 is 14.7 Å². The normalized spacial score (nSPS) is 10.8. The minimum Gasteiger partial charge on any atom is -0.480 e. The molecule has 0 aliphatic carbocycles. The van der Waals surface area contributed by atoms with Crippen molar-refractivity contribution in [1.29, 1.82) is 0 Å². The monoisotopic (exact) mass is 253 g/mol. The van der Waals surface area contributed by atoms with Gasteiger partial charge in [0.05, 0.1) is 6.10 Å². The Morgan fingerprint density at radius 2 is 2.11 bits per heavy atom. The van der Waals surface area contributed by atoms with Crippen LogP contribution in [0.2, 0.25) is 0 Å². The molecule has 0 saturated heterocycles. The summed E-state index contributed by atoms with van der Waals surface area (Å²) in [4.78, 5) is 20.7. The van der Waals surface area contributed by atoms with Crippen molar-refractivity contribution in [3.63, 3.8) is 0 Å². The van der Waals surface area contributed by atoms with Gasteiger partial charge in [-0.05, 0) is 27.7 Å². The quantitative estimate of drug-likeness (QED) is 0.829. The lowest BCUT2D eigenvalue weighted by Crippen LogP contribution is -2.37. The van der Waals surface area contributed by atoms with Gasteiger partial charge in [-0.15, -0.1) is 0 Å². The number of aliphatic carboxylic acids is 1. The van der Waals surface area contributed by atoms with Gasteiger partial charge in [0.1, 0.15) is 6.54 Å². The number of carboxylic acids is 1. The SMILES string of the molecule is CC(C)Oc1ccnc(N(CC(=O)O)C(C)C)n1. The number of hydrogen-bond donors (Lipinski definition) is 1. The molecule has 0 aliphatic rings. The highest BCUT2D eigenvalue weighted by Crippen LogP contribution is 2.15. The number of rotatable bonds is 6. The lowest BCUT2D eigenvalue weighted by atomic mass is 10.3. The second kappa shape index (κ2) is 6.18. The molecule has 0 aliphatic heterocycles. The lowest BCUT2D eigenvalue weighted by Gasteiger charge is -2.24. The zero-order valence-corrected chi connectivity index (χ0v) is 11.1. The van der Waals surface area contributed by atoms with Crippen molar-refractivity contribution < 1.29 is 14.6 Å². The second-order valence-electron chi connectivity index (χ2n) is 4.48. The van der Waals surface area contributed by atoms with Crippen molar-refractivity contribution in [3.8, 4) is 5.88 Å². The zero-order chi connectivity index (χ0) is 13.7. The minimum atomic E-state index is -0.914. The number of carbonyl (C=O) groups is 1. The van der Waals surface area contributed by atoms with Crippen LogP contribution in [0, 0.1) is 0 Å². The van der Waals surface area contributed by atoms with Crippen LogP contribution in [-0.4, -0.2) is 39.7 Å². The highest BCUT2D eigenvalue weighted by atomic mass is 16.5. The Morgan fingerprint density at radius 3 is 2.61 bits per heavy atom. The molecule has 1 aromatic heterocycles. The summed E-state index contributed by atoms with van der Waals surface area (Å²) in [6.07, 6.45) is 1.58. The number of hydrogen-bond acceptors (Lipinski definition) is 5. The Kier molecular flexibility index (Phi) is 4.88. The number of ether oxygens (including phenoxy) is 1. The highest BCUT2D eigenvalue weighted by Gasteiger charge is 2.17. The molecule has 1 heterocycles. The smallest absolute Gasteiger partial charge is 0.323 e. The van der Waals surface area contributed by atoms with E-state index < -0.39 is 5.97 Å². The standard InChI is InChI=1S/C12H19N3O3/c1-8(2)15(7-11(16)17)12-13-6-5-10(14-12)18-9(3)4/h5-6,8-9H,7H2,1-4H3,(H,16,17). The Hall–Kier alpha value is -1.85. The minimum absolute atomic E-state index is 0.00426. The number of aromatic nitrogens is 2. The topological polar surface area (TPSA) is 75.5 Å². The molecule has 18 heavy (non-hydrogen) atoms. The van der Waals surface area contributed by atoms with Crippen LogP contribution in [-0.2, 0) is 4.79 Å². The Morgan fingerprint density at radius 1 is 1.44 bits per heavy atom. The molecule has 0 aromatic carbocycles. The summed E-state index contributed by atoms with van der Waals surface area (Å²) in [5, 5.41) is 8.88. The van der Waals surface area contributed by atoms with Crippen LogP contribution in [0.1, 0.15) is 27.7 Å². The molecular formula is C12H19N3O3. The molecule has 6 heteroatoms. The van der Waals surface area contributed by atoms with Gasteiger partial charge in [0.2, 0.25) is 11.8 Å². The van der Waals surface area contributed by atoms with E-state index in [-0.39, 0.29) is 18.7 Å². The van der Waals surface area contributed by atoms with E-state index in [0.29, 0.717) is 11.8 Å². The molecule has 0 radical (unpaired) electrons. The molecule has 0 unspecified atom stereocenters. The summed E-state index contributed by atoms with van der Waals surface area (Å²) in [6.45, 7) is 7.45. The van der Waals surface area contributed by atoms with Crippen LogP contribution in [0.3, 0.4) is 0 Å². The lowest BCUT2D eigenvalue weighted by molar-refractivity contribution is -0.135. The van der Waals surface area contributed by atoms with Crippen LogP contribution >= 0.6 is 0 Å². The predicted molar refractivity (Wildman–Crippen MR) is 67.9 cm³/mol. The van der Waals surface area contributed by atoms with Gasteiger partial charge in [0.15, 0.2) is 0 Å². The van der Waals surface area contributed by atoms with Gasteiger partial charge in [-0.1, -0.05) is 0 Å². The first-order chi connectivity index (χ1) is 8.40. The van der Waals surface area contributed by atoms with Gasteiger partial charge in [-0.25, -0.2) is 4.98 Å². The maximum absolute atomic E-state index is 10.8. The molecule has 0 atom stereocenters. The molecule has 1 N–H and O–H groups in total. The fourth-order valence-electron chi connectivity index (χ4n) is 1.41. The van der Waals surface area contributed by atoms with Gasteiger partial charge in [-0.2, -0.15) is 4.98 Å². The Labute approximate surface area is 107 Å². The molecule has 0 fully saturated rings. The van der Waals surface area contributed by atoms with E-state index in [0.717, 1.165) is 0 Å². The van der Waals surface area contributed by atoms with E-state index in [4.69, 9.17) is 9.84 Å². The Bertz CT molecular complexity index is 407. The van der Waals surface area contributed by atoms with Crippen LogP contribution < -0.4 is 9.64 Å². The third-order valence-corrected chi connectivity index (χ3v) is 2.16. The van der Waals surface area contributed by atoms with Crippen LogP contribution in [0.4, 0.5) is 5.95 Å². The van der Waals surface area contributed by atoms with Crippen molar-refractivity contribution in [2.45, 2.75) is 39.8 Å². The van der Waals surface area contributed by atoms with E-state index in [2.05, 4.69) is 9.97 Å². The van der Waals surface area contributed by atoms with E-state index in [9.17, 15) is 4.79 Å². The van der Waals surface area contributed by atoms with Gasteiger partial charge in [0, 0.05) is 18.3 Å². The van der Waals surface area contributed by atoms with Crippen molar-refractivity contribution in [1.82, 2.24) is 9.97 Å². The molecule has 0 amide bonds. The van der Waals surface area contributed by atoms with Crippen molar-refractivity contribution in [2.24, 2.45) is 0 Å².